The summed E-state index contributed by atoms with van der Waals surface area (Å²) in [4.78, 5) is 16.4. The number of carbonyl (C=O) groups is 1. The first-order valence-corrected chi connectivity index (χ1v) is 7.96. The van der Waals surface area contributed by atoms with Gasteiger partial charge in [-0.3, -0.25) is 9.69 Å². The molecule has 0 saturated carbocycles. The van der Waals surface area contributed by atoms with Crippen molar-refractivity contribution >= 4 is 5.91 Å². The smallest absolute Gasteiger partial charge is 0.248 e. The van der Waals surface area contributed by atoms with E-state index in [2.05, 4.69) is 31.0 Å². The minimum Gasteiger partial charge on any atom is -0.366 e. The highest BCUT2D eigenvalue weighted by molar-refractivity contribution is 5.77. The van der Waals surface area contributed by atoms with Gasteiger partial charge in [0.05, 0.1) is 5.60 Å². The number of hydrogen-bond acceptors (Lipinski definition) is 4. The van der Waals surface area contributed by atoms with Gasteiger partial charge in [-0.1, -0.05) is 0 Å². The minimum absolute atomic E-state index is 0.109. The van der Waals surface area contributed by atoms with Crippen molar-refractivity contribution in [3.8, 4) is 0 Å². The minimum atomic E-state index is -0.254. The quantitative estimate of drug-likeness (QED) is 0.832. The number of carbonyl (C=O) groups excluding carboxylic acids is 1. The third kappa shape index (κ3) is 8.39. The Morgan fingerprint density at radius 2 is 1.62 bits per heavy atom. The van der Waals surface area contributed by atoms with E-state index in [1.54, 1.807) is 0 Å². The summed E-state index contributed by atoms with van der Waals surface area (Å²) in [6.07, 6.45) is 0. The van der Waals surface area contributed by atoms with Crippen LogP contribution in [0, 0.1) is 0 Å². The average molecular weight is 299 g/mol. The maximum Gasteiger partial charge on any atom is 0.248 e. The van der Waals surface area contributed by atoms with E-state index in [0.717, 1.165) is 39.3 Å². The van der Waals surface area contributed by atoms with Gasteiger partial charge in [-0.15, -0.1) is 0 Å². The second-order valence-electron chi connectivity index (χ2n) is 7.80. The summed E-state index contributed by atoms with van der Waals surface area (Å²) in [6.45, 7) is 18.2. The van der Waals surface area contributed by atoms with Gasteiger partial charge in [0.15, 0.2) is 0 Å². The predicted octanol–water partition coefficient (Wildman–Crippen LogP) is 1.33. The summed E-state index contributed by atoms with van der Waals surface area (Å²) in [5.41, 5.74) is -0.0851. The number of ether oxygens (including phenoxy) is 1. The van der Waals surface area contributed by atoms with Crippen LogP contribution in [0.25, 0.3) is 0 Å². The van der Waals surface area contributed by atoms with Crippen LogP contribution in [0.5, 0.6) is 0 Å². The second kappa shape index (κ2) is 7.56. The largest absolute Gasteiger partial charge is 0.366 e. The van der Waals surface area contributed by atoms with Crippen molar-refractivity contribution in [2.45, 2.75) is 52.7 Å². The molecule has 0 unspecified atom stereocenters. The molecule has 0 atom stereocenters. The summed E-state index contributed by atoms with van der Waals surface area (Å²) >= 11 is 0. The van der Waals surface area contributed by atoms with Gasteiger partial charge < -0.3 is 15.0 Å². The van der Waals surface area contributed by atoms with Crippen LogP contribution in [-0.4, -0.2) is 72.7 Å². The molecule has 0 aromatic carbocycles. The highest BCUT2D eigenvalue weighted by Crippen LogP contribution is 2.08. The molecule has 0 aromatic heterocycles. The molecule has 0 bridgehead atoms. The first-order valence-electron chi connectivity index (χ1n) is 7.96. The highest BCUT2D eigenvalue weighted by atomic mass is 16.5. The van der Waals surface area contributed by atoms with Gasteiger partial charge >= 0.3 is 0 Å². The van der Waals surface area contributed by atoms with E-state index in [9.17, 15) is 4.79 Å². The fourth-order valence-electron chi connectivity index (χ4n) is 2.18. The van der Waals surface area contributed by atoms with E-state index in [1.807, 2.05) is 25.7 Å². The zero-order valence-electron chi connectivity index (χ0n) is 14.7. The molecule has 0 spiro atoms. The van der Waals surface area contributed by atoms with Crippen LogP contribution in [0.4, 0.5) is 0 Å². The molecular formula is C16H33N3O2. The molecule has 0 aliphatic carbocycles. The average Bonchev–Trinajstić information content (AvgIpc) is 2.34. The van der Waals surface area contributed by atoms with E-state index < -0.39 is 0 Å². The van der Waals surface area contributed by atoms with Crippen LogP contribution in [-0.2, 0) is 9.53 Å². The van der Waals surface area contributed by atoms with Crippen molar-refractivity contribution in [1.29, 1.82) is 0 Å². The Balaban J connectivity index is 2.21. The standard InChI is InChI=1S/C16H33N3O2/c1-15(2,3)17-7-8-18-9-11-19(12-10-18)14(20)13-21-16(4,5)6/h17H,7-13H2,1-6H3. The second-order valence-corrected chi connectivity index (χ2v) is 7.80. The summed E-state index contributed by atoms with van der Waals surface area (Å²) in [6, 6.07) is 0. The van der Waals surface area contributed by atoms with E-state index in [0.29, 0.717) is 0 Å². The molecule has 1 N–H and O–H groups in total. The summed E-state index contributed by atoms with van der Waals surface area (Å²) < 4.78 is 5.56. The third-order valence-corrected chi connectivity index (χ3v) is 3.44. The molecule has 1 aliphatic heterocycles. The van der Waals surface area contributed by atoms with Crippen molar-refractivity contribution in [3.63, 3.8) is 0 Å². The molecule has 1 saturated heterocycles. The molecule has 1 heterocycles. The first-order chi connectivity index (χ1) is 9.57. The van der Waals surface area contributed by atoms with Crippen molar-refractivity contribution in [2.75, 3.05) is 45.9 Å². The van der Waals surface area contributed by atoms with E-state index in [4.69, 9.17) is 4.74 Å². The lowest BCUT2D eigenvalue weighted by atomic mass is 10.1. The van der Waals surface area contributed by atoms with Crippen LogP contribution in [0.1, 0.15) is 41.5 Å². The van der Waals surface area contributed by atoms with Crippen molar-refractivity contribution in [1.82, 2.24) is 15.1 Å². The van der Waals surface area contributed by atoms with Crippen molar-refractivity contribution in [3.05, 3.63) is 0 Å². The van der Waals surface area contributed by atoms with Gasteiger partial charge in [-0.2, -0.15) is 0 Å². The van der Waals surface area contributed by atoms with Gasteiger partial charge in [0.1, 0.15) is 6.61 Å². The molecular weight excluding hydrogens is 266 g/mol. The Morgan fingerprint density at radius 1 is 1.05 bits per heavy atom. The molecule has 1 fully saturated rings. The Hall–Kier alpha value is -0.650. The van der Waals surface area contributed by atoms with Gasteiger partial charge in [0.2, 0.25) is 5.91 Å². The monoisotopic (exact) mass is 299 g/mol. The molecule has 5 nitrogen and oxygen atoms in total. The van der Waals surface area contributed by atoms with Crippen LogP contribution in [0.3, 0.4) is 0 Å². The lowest BCUT2D eigenvalue weighted by Gasteiger charge is -2.35. The SMILES string of the molecule is CC(C)(C)NCCN1CCN(C(=O)COC(C)(C)C)CC1. The van der Waals surface area contributed by atoms with Gasteiger partial charge in [0.25, 0.3) is 0 Å². The fourth-order valence-corrected chi connectivity index (χ4v) is 2.18. The van der Waals surface area contributed by atoms with E-state index >= 15 is 0 Å². The lowest BCUT2D eigenvalue weighted by molar-refractivity contribution is -0.142. The van der Waals surface area contributed by atoms with Crippen LogP contribution < -0.4 is 5.32 Å². The Bertz CT molecular complexity index is 323. The fraction of sp³-hybridized carbons (Fsp3) is 0.938. The predicted molar refractivity (Wildman–Crippen MR) is 86.5 cm³/mol. The van der Waals surface area contributed by atoms with Gasteiger partial charge in [-0.05, 0) is 41.5 Å². The molecule has 0 aromatic rings. The Kier molecular flexibility index (Phi) is 6.63. The number of amides is 1. The van der Waals surface area contributed by atoms with Gasteiger partial charge in [-0.25, -0.2) is 0 Å². The lowest BCUT2D eigenvalue weighted by Crippen LogP contribution is -2.52. The molecule has 0 radical (unpaired) electrons. The maximum atomic E-state index is 12.1. The molecule has 1 amide bonds. The summed E-state index contributed by atoms with van der Waals surface area (Å²) in [5, 5.41) is 3.50. The van der Waals surface area contributed by atoms with Crippen LogP contribution in [0.2, 0.25) is 0 Å². The highest BCUT2D eigenvalue weighted by Gasteiger charge is 2.22. The summed E-state index contributed by atoms with van der Waals surface area (Å²) in [7, 11) is 0. The number of piperazine rings is 1. The third-order valence-electron chi connectivity index (χ3n) is 3.44. The Labute approximate surface area is 130 Å². The van der Waals surface area contributed by atoms with Crippen LogP contribution in [0.15, 0.2) is 0 Å². The molecule has 1 rings (SSSR count). The van der Waals surface area contributed by atoms with Crippen molar-refractivity contribution < 1.29 is 9.53 Å². The first kappa shape index (κ1) is 18.4. The van der Waals surface area contributed by atoms with Crippen molar-refractivity contribution in [2.24, 2.45) is 0 Å². The molecule has 21 heavy (non-hydrogen) atoms. The molecule has 5 heteroatoms. The number of nitrogens with one attached hydrogen (secondary N) is 1. The van der Waals surface area contributed by atoms with Gasteiger partial charge in [0, 0.05) is 44.8 Å². The zero-order chi connectivity index (χ0) is 16.1. The number of nitrogens with zero attached hydrogens (tertiary/aromatic N) is 2. The zero-order valence-corrected chi connectivity index (χ0v) is 14.7. The Morgan fingerprint density at radius 3 is 2.10 bits per heavy atom. The number of rotatable bonds is 5. The maximum absolute atomic E-state index is 12.1. The normalized spacial score (nSPS) is 18.1. The summed E-state index contributed by atoms with van der Waals surface area (Å²) in [5.74, 6) is 0.109. The van der Waals surface area contributed by atoms with Crippen LogP contribution >= 0.6 is 0 Å². The van der Waals surface area contributed by atoms with E-state index in [-0.39, 0.29) is 23.7 Å². The van der Waals surface area contributed by atoms with E-state index in [1.165, 1.54) is 0 Å². The molecule has 124 valence electrons. The molecule has 1 aliphatic rings. The topological polar surface area (TPSA) is 44.8 Å². The number of hydrogen-bond donors (Lipinski definition) is 1.